The molecule has 0 atom stereocenters. The topological polar surface area (TPSA) is 41.5 Å². The van der Waals surface area contributed by atoms with Gasteiger partial charge in [-0.15, -0.1) is 0 Å². The van der Waals surface area contributed by atoms with Crippen molar-refractivity contribution in [2.24, 2.45) is 0 Å². The van der Waals surface area contributed by atoms with Gasteiger partial charge in [0.2, 0.25) is 0 Å². The smallest absolute Gasteiger partial charge is 0.176 e. The van der Waals surface area contributed by atoms with Crippen LogP contribution in [0.15, 0.2) is 18.2 Å². The predicted octanol–water partition coefficient (Wildman–Crippen LogP) is 1.79. The highest BCUT2D eigenvalue weighted by Gasteiger charge is 2.34. The van der Waals surface area contributed by atoms with Crippen molar-refractivity contribution in [3.63, 3.8) is 0 Å². The van der Waals surface area contributed by atoms with E-state index >= 15 is 0 Å². The fraction of sp³-hybridized carbons (Fsp3) is 0.400. The Morgan fingerprint density at radius 1 is 1.50 bits per heavy atom. The standard InChI is InChI=1S/C10H12ClNO2/c1-10(5-12-6-10)14-8-4-2-3-7(11)9(8)13/h2-4,12-13H,5-6H2,1H3. The molecule has 0 aromatic heterocycles. The highest BCUT2D eigenvalue weighted by atomic mass is 35.5. The molecule has 1 aliphatic heterocycles. The average molecular weight is 214 g/mol. The van der Waals surface area contributed by atoms with E-state index < -0.39 is 0 Å². The van der Waals surface area contributed by atoms with Crippen LogP contribution in [0.1, 0.15) is 6.92 Å². The Morgan fingerprint density at radius 3 is 2.79 bits per heavy atom. The Morgan fingerprint density at radius 2 is 2.21 bits per heavy atom. The fourth-order valence-corrected chi connectivity index (χ4v) is 1.56. The fourth-order valence-electron chi connectivity index (χ4n) is 1.39. The zero-order valence-corrected chi connectivity index (χ0v) is 8.64. The monoisotopic (exact) mass is 213 g/mol. The molecule has 1 fully saturated rings. The van der Waals surface area contributed by atoms with E-state index in [-0.39, 0.29) is 11.4 Å². The van der Waals surface area contributed by atoms with E-state index in [9.17, 15) is 5.11 Å². The van der Waals surface area contributed by atoms with Crippen molar-refractivity contribution >= 4 is 11.6 Å². The van der Waals surface area contributed by atoms with E-state index in [0.717, 1.165) is 13.1 Å². The summed E-state index contributed by atoms with van der Waals surface area (Å²) in [4.78, 5) is 0. The third kappa shape index (κ3) is 1.65. The molecule has 0 bridgehead atoms. The van der Waals surface area contributed by atoms with Gasteiger partial charge in [0.15, 0.2) is 11.5 Å². The van der Waals surface area contributed by atoms with Gasteiger partial charge in [0.1, 0.15) is 5.60 Å². The van der Waals surface area contributed by atoms with E-state index in [1.807, 2.05) is 6.92 Å². The summed E-state index contributed by atoms with van der Waals surface area (Å²) in [5.74, 6) is 0.462. The van der Waals surface area contributed by atoms with Gasteiger partial charge in [-0.05, 0) is 19.1 Å². The van der Waals surface area contributed by atoms with Crippen LogP contribution in [0.5, 0.6) is 11.5 Å². The molecule has 0 amide bonds. The van der Waals surface area contributed by atoms with E-state index in [4.69, 9.17) is 16.3 Å². The van der Waals surface area contributed by atoms with Crippen molar-refractivity contribution in [2.75, 3.05) is 13.1 Å². The van der Waals surface area contributed by atoms with Crippen molar-refractivity contribution in [1.29, 1.82) is 0 Å². The SMILES string of the molecule is CC1(Oc2cccc(Cl)c2O)CNC1. The van der Waals surface area contributed by atoms with Crippen LogP contribution in [-0.2, 0) is 0 Å². The predicted molar refractivity (Wildman–Crippen MR) is 55.0 cm³/mol. The maximum atomic E-state index is 9.60. The molecule has 1 aromatic carbocycles. The number of phenols is 1. The first-order chi connectivity index (χ1) is 6.61. The minimum atomic E-state index is -0.220. The molecular formula is C10H12ClNO2. The summed E-state index contributed by atoms with van der Waals surface area (Å²) < 4.78 is 5.65. The third-order valence-corrected chi connectivity index (χ3v) is 2.61. The maximum Gasteiger partial charge on any atom is 0.176 e. The normalized spacial score (nSPS) is 18.7. The quantitative estimate of drug-likeness (QED) is 0.787. The summed E-state index contributed by atoms with van der Waals surface area (Å²) in [6.45, 7) is 3.57. The van der Waals surface area contributed by atoms with E-state index in [2.05, 4.69) is 5.32 Å². The first kappa shape index (κ1) is 9.62. The van der Waals surface area contributed by atoms with Crippen LogP contribution in [-0.4, -0.2) is 23.8 Å². The molecule has 4 heteroatoms. The number of para-hydroxylation sites is 1. The van der Waals surface area contributed by atoms with Crippen molar-refractivity contribution in [3.8, 4) is 11.5 Å². The lowest BCUT2D eigenvalue weighted by molar-refractivity contribution is 0.0324. The molecule has 0 saturated carbocycles. The third-order valence-electron chi connectivity index (χ3n) is 2.30. The molecule has 76 valence electrons. The van der Waals surface area contributed by atoms with Gasteiger partial charge in [-0.1, -0.05) is 17.7 Å². The summed E-state index contributed by atoms with van der Waals surface area (Å²) in [7, 11) is 0. The number of halogens is 1. The molecule has 14 heavy (non-hydrogen) atoms. The van der Waals surface area contributed by atoms with Crippen LogP contribution >= 0.6 is 11.6 Å². The van der Waals surface area contributed by atoms with Crippen LogP contribution in [0.2, 0.25) is 5.02 Å². The molecule has 0 radical (unpaired) electrons. The van der Waals surface area contributed by atoms with Gasteiger partial charge in [-0.25, -0.2) is 0 Å². The molecule has 0 spiro atoms. The Hall–Kier alpha value is -0.930. The number of ether oxygens (including phenoxy) is 1. The number of rotatable bonds is 2. The number of phenolic OH excluding ortho intramolecular Hbond substituents is 1. The molecule has 0 unspecified atom stereocenters. The highest BCUT2D eigenvalue weighted by molar-refractivity contribution is 6.32. The summed E-state index contributed by atoms with van der Waals surface area (Å²) in [6.07, 6.45) is 0. The van der Waals surface area contributed by atoms with Gasteiger partial charge < -0.3 is 15.2 Å². The second-order valence-corrected chi connectivity index (χ2v) is 4.15. The molecule has 2 N–H and O–H groups in total. The molecule has 0 aliphatic carbocycles. The molecule has 1 aliphatic rings. The van der Waals surface area contributed by atoms with Crippen molar-refractivity contribution in [2.45, 2.75) is 12.5 Å². The summed E-state index contributed by atoms with van der Waals surface area (Å²) in [5.41, 5.74) is -0.220. The van der Waals surface area contributed by atoms with E-state index in [0.29, 0.717) is 10.8 Å². The van der Waals surface area contributed by atoms with Gasteiger partial charge in [-0.2, -0.15) is 0 Å². The van der Waals surface area contributed by atoms with Gasteiger partial charge in [0, 0.05) is 13.1 Å². The first-order valence-corrected chi connectivity index (χ1v) is 4.86. The lowest BCUT2D eigenvalue weighted by atomic mass is 10.00. The lowest BCUT2D eigenvalue weighted by Gasteiger charge is -2.39. The number of aromatic hydroxyl groups is 1. The van der Waals surface area contributed by atoms with Crippen molar-refractivity contribution in [3.05, 3.63) is 23.2 Å². The Kier molecular flexibility index (Phi) is 2.29. The Balaban J connectivity index is 2.20. The van der Waals surface area contributed by atoms with Crippen LogP contribution < -0.4 is 10.1 Å². The van der Waals surface area contributed by atoms with Crippen LogP contribution in [0, 0.1) is 0 Å². The van der Waals surface area contributed by atoms with Crippen LogP contribution in [0.3, 0.4) is 0 Å². The van der Waals surface area contributed by atoms with Crippen LogP contribution in [0.25, 0.3) is 0 Å². The van der Waals surface area contributed by atoms with Gasteiger partial charge in [0.05, 0.1) is 5.02 Å². The second kappa shape index (κ2) is 3.33. The number of hydrogen-bond acceptors (Lipinski definition) is 3. The van der Waals surface area contributed by atoms with Crippen molar-refractivity contribution < 1.29 is 9.84 Å². The average Bonchev–Trinajstić information content (AvgIpc) is 2.10. The Bertz CT molecular complexity index is 350. The van der Waals surface area contributed by atoms with Gasteiger partial charge in [0.25, 0.3) is 0 Å². The minimum absolute atomic E-state index is 0.0160. The molecule has 2 rings (SSSR count). The van der Waals surface area contributed by atoms with E-state index in [1.54, 1.807) is 18.2 Å². The zero-order chi connectivity index (χ0) is 10.2. The molecule has 1 aromatic rings. The molecule has 1 saturated heterocycles. The summed E-state index contributed by atoms with van der Waals surface area (Å²) >= 11 is 5.76. The van der Waals surface area contributed by atoms with E-state index in [1.165, 1.54) is 0 Å². The number of hydrogen-bond donors (Lipinski definition) is 2. The zero-order valence-electron chi connectivity index (χ0n) is 7.88. The number of benzene rings is 1. The summed E-state index contributed by atoms with van der Waals surface area (Å²) in [6, 6.07) is 5.10. The highest BCUT2D eigenvalue weighted by Crippen LogP contribution is 2.35. The number of nitrogens with one attached hydrogen (secondary N) is 1. The Labute approximate surface area is 87.6 Å². The van der Waals surface area contributed by atoms with Gasteiger partial charge in [-0.3, -0.25) is 0 Å². The second-order valence-electron chi connectivity index (χ2n) is 3.74. The van der Waals surface area contributed by atoms with Gasteiger partial charge >= 0.3 is 0 Å². The molecule has 1 heterocycles. The summed E-state index contributed by atoms with van der Waals surface area (Å²) in [5, 5.41) is 13.0. The largest absolute Gasteiger partial charge is 0.503 e. The first-order valence-electron chi connectivity index (χ1n) is 4.48. The lowest BCUT2D eigenvalue weighted by Crippen LogP contribution is -2.61. The molecule has 3 nitrogen and oxygen atoms in total. The maximum absolute atomic E-state index is 9.60. The van der Waals surface area contributed by atoms with Crippen molar-refractivity contribution in [1.82, 2.24) is 5.32 Å². The molecular weight excluding hydrogens is 202 g/mol. The van der Waals surface area contributed by atoms with Crippen LogP contribution in [0.4, 0.5) is 0 Å². The minimum Gasteiger partial charge on any atom is -0.503 e.